The van der Waals surface area contributed by atoms with E-state index in [1.165, 1.54) is 32.1 Å². The summed E-state index contributed by atoms with van der Waals surface area (Å²) in [4.78, 5) is 0. The lowest BCUT2D eigenvalue weighted by Crippen LogP contribution is -2.30. The zero-order chi connectivity index (χ0) is 13.0. The normalized spacial score (nSPS) is 26.2. The molecule has 1 N–H and O–H groups in total. The minimum atomic E-state index is 0.388. The van der Waals surface area contributed by atoms with Gasteiger partial charge in [-0.2, -0.15) is 0 Å². The van der Waals surface area contributed by atoms with Gasteiger partial charge in [0, 0.05) is 0 Å². The summed E-state index contributed by atoms with van der Waals surface area (Å²) in [5.74, 6) is 2.77. The van der Waals surface area contributed by atoms with Crippen LogP contribution in [-0.2, 0) is 0 Å². The van der Waals surface area contributed by atoms with Crippen molar-refractivity contribution in [3.8, 4) is 0 Å². The maximum Gasteiger partial charge on any atom is 0.169 e. The molecule has 0 saturated heterocycles. The summed E-state index contributed by atoms with van der Waals surface area (Å²) in [5, 5.41) is 3.60. The van der Waals surface area contributed by atoms with E-state index in [9.17, 15) is 0 Å². The quantitative estimate of drug-likeness (QED) is 0.835. The highest BCUT2D eigenvalue weighted by Gasteiger charge is 2.29. The standard InChI is InChI=1S/C15H24BrNO/c1-3-11-5-7-12(8-6-11)15(17-4-2)13-9-10-14(16)18-13/h9-12,15,17H,3-8H2,1-2H3. The van der Waals surface area contributed by atoms with Crippen LogP contribution in [-0.4, -0.2) is 6.54 Å². The number of halogens is 1. The molecule has 0 spiro atoms. The van der Waals surface area contributed by atoms with Gasteiger partial charge in [0.1, 0.15) is 5.76 Å². The van der Waals surface area contributed by atoms with Crippen LogP contribution in [0.1, 0.15) is 57.8 Å². The van der Waals surface area contributed by atoms with E-state index in [4.69, 9.17) is 4.42 Å². The van der Waals surface area contributed by atoms with Crippen molar-refractivity contribution in [2.24, 2.45) is 11.8 Å². The highest BCUT2D eigenvalue weighted by molar-refractivity contribution is 9.10. The molecule has 0 radical (unpaired) electrons. The van der Waals surface area contributed by atoms with Crippen LogP contribution in [0.3, 0.4) is 0 Å². The second kappa shape index (κ2) is 6.76. The Balaban J connectivity index is 2.02. The van der Waals surface area contributed by atoms with Crippen molar-refractivity contribution in [1.82, 2.24) is 5.32 Å². The van der Waals surface area contributed by atoms with Crippen molar-refractivity contribution in [3.05, 3.63) is 22.6 Å². The molecule has 102 valence electrons. The molecule has 1 fully saturated rings. The fourth-order valence-electron chi connectivity index (χ4n) is 3.14. The molecule has 0 amide bonds. The summed E-state index contributed by atoms with van der Waals surface area (Å²) in [5.41, 5.74) is 0. The Bertz CT molecular complexity index is 355. The molecule has 2 rings (SSSR count). The van der Waals surface area contributed by atoms with Crippen molar-refractivity contribution >= 4 is 15.9 Å². The van der Waals surface area contributed by atoms with Crippen LogP contribution in [0.15, 0.2) is 21.2 Å². The van der Waals surface area contributed by atoms with Gasteiger partial charge in [0.15, 0.2) is 4.67 Å². The Kier molecular flexibility index (Phi) is 5.31. The first-order valence-electron chi connectivity index (χ1n) is 7.23. The van der Waals surface area contributed by atoms with E-state index in [1.807, 2.05) is 6.07 Å². The van der Waals surface area contributed by atoms with Gasteiger partial charge in [-0.3, -0.25) is 0 Å². The molecule has 1 saturated carbocycles. The number of rotatable bonds is 5. The lowest BCUT2D eigenvalue weighted by molar-refractivity contribution is 0.203. The fraction of sp³-hybridized carbons (Fsp3) is 0.733. The molecule has 1 aromatic rings. The van der Waals surface area contributed by atoms with Gasteiger partial charge in [0.2, 0.25) is 0 Å². The number of furan rings is 1. The predicted octanol–water partition coefficient (Wildman–Crippen LogP) is 4.91. The summed E-state index contributed by atoms with van der Waals surface area (Å²) in [6, 6.07) is 4.49. The third-order valence-electron chi connectivity index (χ3n) is 4.26. The topological polar surface area (TPSA) is 25.2 Å². The van der Waals surface area contributed by atoms with Crippen molar-refractivity contribution in [2.75, 3.05) is 6.54 Å². The maximum atomic E-state index is 5.76. The molecule has 1 aliphatic carbocycles. The van der Waals surface area contributed by atoms with Crippen LogP contribution in [0.25, 0.3) is 0 Å². The molecule has 2 nitrogen and oxygen atoms in total. The molecule has 0 aromatic carbocycles. The zero-order valence-corrected chi connectivity index (χ0v) is 13.0. The number of hydrogen-bond acceptors (Lipinski definition) is 2. The molecule has 1 aliphatic rings. The summed E-state index contributed by atoms with van der Waals surface area (Å²) in [7, 11) is 0. The first-order valence-corrected chi connectivity index (χ1v) is 8.02. The van der Waals surface area contributed by atoms with E-state index in [1.54, 1.807) is 0 Å². The molecule has 1 heterocycles. The SMILES string of the molecule is CCNC(c1ccc(Br)o1)C1CCC(CC)CC1. The van der Waals surface area contributed by atoms with Gasteiger partial charge in [-0.25, -0.2) is 0 Å². The first-order chi connectivity index (χ1) is 8.74. The minimum absolute atomic E-state index is 0.388. The largest absolute Gasteiger partial charge is 0.453 e. The van der Waals surface area contributed by atoms with E-state index in [-0.39, 0.29) is 0 Å². The highest BCUT2D eigenvalue weighted by atomic mass is 79.9. The monoisotopic (exact) mass is 313 g/mol. The fourth-order valence-corrected chi connectivity index (χ4v) is 3.46. The average molecular weight is 314 g/mol. The smallest absolute Gasteiger partial charge is 0.169 e. The van der Waals surface area contributed by atoms with Gasteiger partial charge in [-0.15, -0.1) is 0 Å². The molecule has 18 heavy (non-hydrogen) atoms. The van der Waals surface area contributed by atoms with E-state index >= 15 is 0 Å². The van der Waals surface area contributed by atoms with Gasteiger partial charge < -0.3 is 9.73 Å². The third kappa shape index (κ3) is 3.39. The third-order valence-corrected chi connectivity index (χ3v) is 4.69. The van der Waals surface area contributed by atoms with E-state index < -0.39 is 0 Å². The van der Waals surface area contributed by atoms with Crippen molar-refractivity contribution in [2.45, 2.75) is 52.0 Å². The summed E-state index contributed by atoms with van der Waals surface area (Å²) < 4.78 is 6.59. The van der Waals surface area contributed by atoms with Gasteiger partial charge in [0.25, 0.3) is 0 Å². The molecule has 1 atom stereocenters. The van der Waals surface area contributed by atoms with Crippen LogP contribution in [0, 0.1) is 11.8 Å². The van der Waals surface area contributed by atoms with Crippen molar-refractivity contribution < 1.29 is 4.42 Å². The second-order valence-electron chi connectivity index (χ2n) is 5.37. The molecule has 0 bridgehead atoms. The summed E-state index contributed by atoms with van der Waals surface area (Å²) in [6.07, 6.45) is 6.75. The molecule has 0 aliphatic heterocycles. The van der Waals surface area contributed by atoms with Crippen LogP contribution < -0.4 is 5.32 Å². The molecule has 1 aromatic heterocycles. The lowest BCUT2D eigenvalue weighted by atomic mass is 9.77. The number of nitrogens with one attached hydrogen (secondary N) is 1. The van der Waals surface area contributed by atoms with Crippen LogP contribution in [0.5, 0.6) is 0 Å². The Labute approximate surface area is 119 Å². The highest BCUT2D eigenvalue weighted by Crippen LogP contribution is 2.38. The van der Waals surface area contributed by atoms with Gasteiger partial charge in [0.05, 0.1) is 6.04 Å². The van der Waals surface area contributed by atoms with E-state index in [2.05, 4.69) is 41.2 Å². The predicted molar refractivity (Wildman–Crippen MR) is 78.6 cm³/mol. The van der Waals surface area contributed by atoms with E-state index in [0.29, 0.717) is 6.04 Å². The second-order valence-corrected chi connectivity index (χ2v) is 6.15. The Morgan fingerprint density at radius 1 is 1.28 bits per heavy atom. The summed E-state index contributed by atoms with van der Waals surface area (Å²) >= 11 is 3.40. The van der Waals surface area contributed by atoms with Gasteiger partial charge >= 0.3 is 0 Å². The summed E-state index contributed by atoms with van der Waals surface area (Å²) in [6.45, 7) is 5.48. The van der Waals surface area contributed by atoms with E-state index in [0.717, 1.165) is 28.8 Å². The van der Waals surface area contributed by atoms with Crippen LogP contribution >= 0.6 is 15.9 Å². The zero-order valence-electron chi connectivity index (χ0n) is 11.4. The molecule has 1 unspecified atom stereocenters. The number of hydrogen-bond donors (Lipinski definition) is 1. The minimum Gasteiger partial charge on any atom is -0.453 e. The Hall–Kier alpha value is -0.280. The van der Waals surface area contributed by atoms with Crippen LogP contribution in [0.4, 0.5) is 0 Å². The van der Waals surface area contributed by atoms with Crippen LogP contribution in [0.2, 0.25) is 0 Å². The first kappa shape index (κ1) is 14.1. The van der Waals surface area contributed by atoms with Crippen molar-refractivity contribution in [3.63, 3.8) is 0 Å². The maximum absolute atomic E-state index is 5.76. The molecular formula is C15H24BrNO. The molecule has 3 heteroatoms. The Morgan fingerprint density at radius 3 is 2.50 bits per heavy atom. The van der Waals surface area contributed by atoms with Crippen molar-refractivity contribution in [1.29, 1.82) is 0 Å². The average Bonchev–Trinajstić information content (AvgIpc) is 2.82. The lowest BCUT2D eigenvalue weighted by Gasteiger charge is -2.33. The van der Waals surface area contributed by atoms with Gasteiger partial charge in [-0.05, 0) is 59.3 Å². The Morgan fingerprint density at radius 2 is 2.00 bits per heavy atom. The molecular weight excluding hydrogens is 290 g/mol. The van der Waals surface area contributed by atoms with Gasteiger partial charge in [-0.1, -0.05) is 33.1 Å².